The van der Waals surface area contributed by atoms with Crippen LogP contribution < -0.4 is 0 Å². The van der Waals surface area contributed by atoms with Crippen LogP contribution in [0.5, 0.6) is 0 Å². The minimum absolute atomic E-state index is 0.0629. The quantitative estimate of drug-likeness (QED) is 0.0374. The Morgan fingerprint density at radius 2 is 0.597 bits per heavy atom. The maximum absolute atomic E-state index is 12.3. The van der Waals surface area contributed by atoms with E-state index >= 15 is 0 Å². The lowest BCUT2D eigenvalue weighted by Gasteiger charge is -2.15. The largest absolute Gasteiger partial charge is 0.462 e. The van der Waals surface area contributed by atoms with Crippen molar-refractivity contribution >= 4 is 11.9 Å². The average molecular weight is 942 g/mol. The Bertz CT molecular complexity index is 1060. The van der Waals surface area contributed by atoms with E-state index in [2.05, 4.69) is 50.3 Å². The second kappa shape index (κ2) is 58.4. The molecule has 0 bridgehead atoms. The smallest absolute Gasteiger partial charge is 0.306 e. The van der Waals surface area contributed by atoms with Crippen molar-refractivity contribution in [1.82, 2.24) is 0 Å². The molecule has 0 heterocycles. The van der Waals surface area contributed by atoms with Crippen LogP contribution in [0, 0.1) is 0 Å². The fraction of sp³-hybridized carbons (Fsp3) is 0.871. The fourth-order valence-electron chi connectivity index (χ4n) is 9.15. The first kappa shape index (κ1) is 65.1. The topological polar surface area (TPSA) is 72.8 Å². The predicted molar refractivity (Wildman–Crippen MR) is 293 cm³/mol. The Morgan fingerprint density at radius 3 is 0.896 bits per heavy atom. The summed E-state index contributed by atoms with van der Waals surface area (Å²) >= 11 is 0. The van der Waals surface area contributed by atoms with Gasteiger partial charge in [0.25, 0.3) is 0 Å². The van der Waals surface area contributed by atoms with Crippen LogP contribution in [0.4, 0.5) is 0 Å². The minimum Gasteiger partial charge on any atom is -0.462 e. The molecule has 0 rings (SSSR count). The van der Waals surface area contributed by atoms with Crippen LogP contribution >= 0.6 is 0 Å². The zero-order valence-electron chi connectivity index (χ0n) is 45.2. The molecule has 0 spiro atoms. The Labute approximate surface area is 418 Å². The lowest BCUT2D eigenvalue weighted by Crippen LogP contribution is -2.28. The second-order valence-electron chi connectivity index (χ2n) is 20.4. The highest BCUT2D eigenvalue weighted by Crippen LogP contribution is 2.18. The molecule has 0 aliphatic heterocycles. The summed E-state index contributed by atoms with van der Waals surface area (Å²) in [7, 11) is 0. The Morgan fingerprint density at radius 1 is 0.343 bits per heavy atom. The monoisotopic (exact) mass is 941 g/mol. The maximum atomic E-state index is 12.3. The normalized spacial score (nSPS) is 12.3. The molecule has 5 nitrogen and oxygen atoms in total. The van der Waals surface area contributed by atoms with Gasteiger partial charge in [-0.1, -0.05) is 301 Å². The third-order valence-electron chi connectivity index (χ3n) is 13.7. The molecular weight excluding hydrogens is 825 g/mol. The number of carbonyl (C=O) groups excluding carboxylic acids is 2. The molecule has 0 aliphatic rings. The maximum Gasteiger partial charge on any atom is 0.306 e. The lowest BCUT2D eigenvalue weighted by atomic mass is 10.0. The minimum atomic E-state index is -0.773. The zero-order chi connectivity index (χ0) is 48.5. The van der Waals surface area contributed by atoms with Gasteiger partial charge in [0.2, 0.25) is 0 Å². The molecule has 0 saturated carbocycles. The molecule has 67 heavy (non-hydrogen) atoms. The number of aliphatic hydroxyl groups is 1. The zero-order valence-corrected chi connectivity index (χ0v) is 45.2. The number of unbranched alkanes of at least 4 members (excludes halogenated alkanes) is 42. The Kier molecular flexibility index (Phi) is 56.8. The molecular formula is C62H116O5. The molecule has 394 valence electrons. The van der Waals surface area contributed by atoms with Crippen molar-refractivity contribution in [2.45, 2.75) is 335 Å². The van der Waals surface area contributed by atoms with E-state index in [0.717, 1.165) is 44.9 Å². The molecule has 0 fully saturated rings. The summed E-state index contributed by atoms with van der Waals surface area (Å²) < 4.78 is 10.7. The van der Waals surface area contributed by atoms with Crippen LogP contribution in [0.15, 0.2) is 36.5 Å². The summed E-state index contributed by atoms with van der Waals surface area (Å²) in [5.41, 5.74) is 0. The molecule has 5 heteroatoms. The van der Waals surface area contributed by atoms with Gasteiger partial charge in [0.05, 0.1) is 6.61 Å². The molecule has 1 unspecified atom stereocenters. The van der Waals surface area contributed by atoms with E-state index in [0.29, 0.717) is 12.8 Å². The number of allylic oxidation sites excluding steroid dienone is 6. The number of esters is 2. The van der Waals surface area contributed by atoms with Gasteiger partial charge in [-0.2, -0.15) is 0 Å². The molecule has 1 atom stereocenters. The van der Waals surface area contributed by atoms with Crippen molar-refractivity contribution < 1.29 is 24.2 Å². The average Bonchev–Trinajstić information content (AvgIpc) is 3.33. The number of rotatable bonds is 56. The van der Waals surface area contributed by atoms with Gasteiger partial charge in [0, 0.05) is 12.8 Å². The molecule has 0 aromatic heterocycles. The van der Waals surface area contributed by atoms with Gasteiger partial charge in [0.15, 0.2) is 6.10 Å². The van der Waals surface area contributed by atoms with Crippen molar-refractivity contribution in [2.24, 2.45) is 0 Å². The third kappa shape index (κ3) is 56.6. The van der Waals surface area contributed by atoms with Gasteiger partial charge >= 0.3 is 11.9 Å². The Balaban J connectivity index is 3.44. The van der Waals surface area contributed by atoms with Crippen molar-refractivity contribution in [3.63, 3.8) is 0 Å². The van der Waals surface area contributed by atoms with E-state index in [9.17, 15) is 14.7 Å². The van der Waals surface area contributed by atoms with E-state index in [4.69, 9.17) is 9.47 Å². The standard InChI is InChI=1S/C62H116O5/c1-3-5-7-9-11-13-15-17-19-21-23-25-27-29-30-31-33-34-36-38-40-42-44-46-48-50-52-54-56-61(64)66-59-60(58-63)67-62(65)57-55-53-51-49-47-45-43-41-39-37-35-32-28-26-24-22-20-18-16-14-12-10-8-6-4-2/h16,18,22,24,28,32,60,63H,3-15,17,19-21,23,25-27,29-31,33-59H2,1-2H3/b18-16-,24-22-,32-28-. The van der Waals surface area contributed by atoms with Gasteiger partial charge in [-0.15, -0.1) is 0 Å². The first-order valence-electron chi connectivity index (χ1n) is 30.0. The highest BCUT2D eigenvalue weighted by Gasteiger charge is 2.16. The summed E-state index contributed by atoms with van der Waals surface area (Å²) in [6.45, 7) is 4.18. The van der Waals surface area contributed by atoms with Gasteiger partial charge in [-0.25, -0.2) is 0 Å². The Hall–Kier alpha value is -1.88. The lowest BCUT2D eigenvalue weighted by molar-refractivity contribution is -0.161. The van der Waals surface area contributed by atoms with Gasteiger partial charge in [-0.3, -0.25) is 9.59 Å². The summed E-state index contributed by atoms with van der Waals surface area (Å²) in [6, 6.07) is 0. The summed E-state index contributed by atoms with van der Waals surface area (Å²) in [5.74, 6) is -0.577. The van der Waals surface area contributed by atoms with Gasteiger partial charge in [0.1, 0.15) is 6.61 Å². The van der Waals surface area contributed by atoms with E-state index < -0.39 is 6.10 Å². The molecule has 0 aliphatic carbocycles. The van der Waals surface area contributed by atoms with Crippen molar-refractivity contribution in [3.05, 3.63) is 36.5 Å². The summed E-state index contributed by atoms with van der Waals surface area (Å²) in [6.07, 6.45) is 75.6. The van der Waals surface area contributed by atoms with Gasteiger partial charge in [-0.05, 0) is 51.4 Å². The number of carbonyl (C=O) groups is 2. The van der Waals surface area contributed by atoms with Crippen LogP contribution in [0.1, 0.15) is 328 Å². The first-order chi connectivity index (χ1) is 33.1. The van der Waals surface area contributed by atoms with Crippen molar-refractivity contribution in [3.8, 4) is 0 Å². The van der Waals surface area contributed by atoms with E-state index in [1.807, 2.05) is 0 Å². The number of aliphatic hydroxyl groups excluding tert-OH is 1. The number of hydrogen-bond donors (Lipinski definition) is 1. The van der Waals surface area contributed by atoms with Crippen LogP contribution in [-0.2, 0) is 19.1 Å². The van der Waals surface area contributed by atoms with E-state index in [-0.39, 0.29) is 25.2 Å². The SMILES string of the molecule is CCCCCCC/C=C\C/C=C\C/C=C\CCCCCCCCCCCCC(=O)OC(CO)COC(=O)CCCCCCCCCCCCCCCCCCCCCCCCCCCCCC. The molecule has 1 N–H and O–H groups in total. The van der Waals surface area contributed by atoms with Crippen LogP contribution in [0.3, 0.4) is 0 Å². The highest BCUT2D eigenvalue weighted by atomic mass is 16.6. The summed E-state index contributed by atoms with van der Waals surface area (Å²) in [4.78, 5) is 24.6. The van der Waals surface area contributed by atoms with Gasteiger partial charge < -0.3 is 14.6 Å². The number of ether oxygens (including phenoxy) is 2. The highest BCUT2D eigenvalue weighted by molar-refractivity contribution is 5.70. The first-order valence-corrected chi connectivity index (χ1v) is 30.0. The molecule has 0 radical (unpaired) electrons. The van der Waals surface area contributed by atoms with Crippen LogP contribution in [0.2, 0.25) is 0 Å². The third-order valence-corrected chi connectivity index (χ3v) is 13.7. The van der Waals surface area contributed by atoms with Crippen molar-refractivity contribution in [2.75, 3.05) is 13.2 Å². The molecule has 0 saturated heterocycles. The summed E-state index contributed by atoms with van der Waals surface area (Å²) in [5, 5.41) is 9.66. The predicted octanol–water partition coefficient (Wildman–Crippen LogP) is 20.3. The number of hydrogen-bond acceptors (Lipinski definition) is 5. The van der Waals surface area contributed by atoms with Crippen LogP contribution in [0.25, 0.3) is 0 Å². The fourth-order valence-corrected chi connectivity index (χ4v) is 9.15. The molecule has 0 aromatic carbocycles. The van der Waals surface area contributed by atoms with E-state index in [1.165, 1.54) is 257 Å². The van der Waals surface area contributed by atoms with Crippen LogP contribution in [-0.4, -0.2) is 36.4 Å². The second-order valence-corrected chi connectivity index (χ2v) is 20.4. The molecule has 0 aromatic rings. The van der Waals surface area contributed by atoms with E-state index in [1.54, 1.807) is 0 Å². The molecule has 0 amide bonds. The van der Waals surface area contributed by atoms with Crippen molar-refractivity contribution in [1.29, 1.82) is 0 Å².